The van der Waals surface area contributed by atoms with Crippen molar-refractivity contribution in [3.63, 3.8) is 0 Å². The maximum atomic E-state index is 10.8. The van der Waals surface area contributed by atoms with Crippen molar-refractivity contribution >= 4 is 29.9 Å². The molecule has 0 unspecified atom stereocenters. The third-order valence-electron chi connectivity index (χ3n) is 1.89. The lowest BCUT2D eigenvalue weighted by Gasteiger charge is -2.05. The van der Waals surface area contributed by atoms with Crippen molar-refractivity contribution in [1.29, 1.82) is 0 Å². The minimum atomic E-state index is -0.843. The highest BCUT2D eigenvalue weighted by atomic mass is 127. The average molecular weight is 292 g/mol. The zero-order valence-corrected chi connectivity index (χ0v) is 10.2. The predicted octanol–water partition coefficient (Wildman–Crippen LogP) is 2.93. The molecular weight excluding hydrogens is 279 g/mol. The summed E-state index contributed by atoms with van der Waals surface area (Å²) in [4.78, 5) is 10.8. The molecule has 72 valence electrons. The van der Waals surface area contributed by atoms with E-state index in [-0.39, 0.29) is 24.0 Å². The van der Waals surface area contributed by atoms with Gasteiger partial charge in [-0.15, -0.1) is 24.0 Å². The highest BCUT2D eigenvalue weighted by Gasteiger charge is 2.09. The van der Waals surface area contributed by atoms with E-state index in [1.807, 2.05) is 32.9 Å². The monoisotopic (exact) mass is 292 g/mol. The molecule has 1 aromatic rings. The molecule has 2 nitrogen and oxygen atoms in total. The maximum Gasteiger partial charge on any atom is 0.336 e. The van der Waals surface area contributed by atoms with Crippen LogP contribution in [0.4, 0.5) is 0 Å². The quantitative estimate of drug-likeness (QED) is 0.808. The molecule has 3 heteroatoms. The minimum Gasteiger partial charge on any atom is -0.478 e. The summed E-state index contributed by atoms with van der Waals surface area (Å²) in [6, 6.07) is 3.77. The standard InChI is InChI=1S/C10H12O2.HI/c1-6-4-7(2)9(10(11)12)8(3)5-6;/h4-5H,1-3H3,(H,11,12);1H. The Balaban J connectivity index is 0.00000144. The minimum absolute atomic E-state index is 0. The zero-order chi connectivity index (χ0) is 9.30. The van der Waals surface area contributed by atoms with Gasteiger partial charge in [0.15, 0.2) is 0 Å². The summed E-state index contributed by atoms with van der Waals surface area (Å²) < 4.78 is 0. The first-order chi connectivity index (χ1) is 5.52. The van der Waals surface area contributed by atoms with E-state index in [1.165, 1.54) is 0 Å². The fraction of sp³-hybridized carbons (Fsp3) is 0.300. The summed E-state index contributed by atoms with van der Waals surface area (Å²) in [6.07, 6.45) is 0. The van der Waals surface area contributed by atoms with Crippen molar-refractivity contribution in [2.45, 2.75) is 20.8 Å². The number of halogens is 1. The van der Waals surface area contributed by atoms with Gasteiger partial charge < -0.3 is 5.11 Å². The van der Waals surface area contributed by atoms with Crippen molar-refractivity contribution in [3.8, 4) is 0 Å². The van der Waals surface area contributed by atoms with Crippen LogP contribution < -0.4 is 0 Å². The number of hydrogen-bond donors (Lipinski definition) is 1. The average Bonchev–Trinajstić information content (AvgIpc) is 1.82. The number of carboxylic acids is 1. The van der Waals surface area contributed by atoms with Gasteiger partial charge in [-0.25, -0.2) is 4.79 Å². The molecule has 0 atom stereocenters. The molecular formula is C10H13IO2. The van der Waals surface area contributed by atoms with Crippen LogP contribution in [0.3, 0.4) is 0 Å². The zero-order valence-electron chi connectivity index (χ0n) is 7.92. The Kier molecular flexibility index (Phi) is 4.39. The summed E-state index contributed by atoms with van der Waals surface area (Å²) in [6.45, 7) is 5.61. The maximum absolute atomic E-state index is 10.8. The Morgan fingerprint density at radius 3 is 1.85 bits per heavy atom. The van der Waals surface area contributed by atoms with Crippen LogP contribution in [0.2, 0.25) is 0 Å². The normalized spacial score (nSPS) is 9.15. The fourth-order valence-corrected chi connectivity index (χ4v) is 1.52. The second kappa shape index (κ2) is 4.60. The van der Waals surface area contributed by atoms with Crippen molar-refractivity contribution in [2.75, 3.05) is 0 Å². The van der Waals surface area contributed by atoms with E-state index in [1.54, 1.807) is 0 Å². The SMILES string of the molecule is Cc1cc(C)c(C(=O)O)c(C)c1.I. The molecule has 0 fully saturated rings. The molecule has 0 heterocycles. The van der Waals surface area contributed by atoms with Crippen LogP contribution in [-0.4, -0.2) is 11.1 Å². The van der Waals surface area contributed by atoms with E-state index >= 15 is 0 Å². The molecule has 0 aliphatic heterocycles. The van der Waals surface area contributed by atoms with Gasteiger partial charge in [0, 0.05) is 0 Å². The summed E-state index contributed by atoms with van der Waals surface area (Å²) in [5.41, 5.74) is 3.20. The lowest BCUT2D eigenvalue weighted by Crippen LogP contribution is -2.03. The van der Waals surface area contributed by atoms with Crippen LogP contribution >= 0.6 is 24.0 Å². The third kappa shape index (κ3) is 2.69. The van der Waals surface area contributed by atoms with E-state index in [0.29, 0.717) is 5.56 Å². The van der Waals surface area contributed by atoms with Gasteiger partial charge in [0.25, 0.3) is 0 Å². The molecule has 13 heavy (non-hydrogen) atoms. The van der Waals surface area contributed by atoms with Gasteiger partial charge in [0.1, 0.15) is 0 Å². The highest BCUT2D eigenvalue weighted by Crippen LogP contribution is 2.15. The molecule has 1 N–H and O–H groups in total. The first kappa shape index (κ1) is 12.4. The van der Waals surface area contributed by atoms with Crippen molar-refractivity contribution in [2.24, 2.45) is 0 Å². The van der Waals surface area contributed by atoms with Crippen molar-refractivity contribution in [1.82, 2.24) is 0 Å². The summed E-state index contributed by atoms with van der Waals surface area (Å²) in [5.74, 6) is -0.843. The number of aromatic carboxylic acids is 1. The first-order valence-electron chi connectivity index (χ1n) is 3.83. The van der Waals surface area contributed by atoms with Gasteiger partial charge in [0.05, 0.1) is 5.56 Å². The van der Waals surface area contributed by atoms with Crippen LogP contribution in [0.15, 0.2) is 12.1 Å². The van der Waals surface area contributed by atoms with Gasteiger partial charge in [-0.05, 0) is 31.9 Å². The van der Waals surface area contributed by atoms with Crippen LogP contribution in [0, 0.1) is 20.8 Å². The smallest absolute Gasteiger partial charge is 0.336 e. The number of hydrogen-bond acceptors (Lipinski definition) is 1. The third-order valence-corrected chi connectivity index (χ3v) is 1.89. The van der Waals surface area contributed by atoms with Gasteiger partial charge in [-0.3, -0.25) is 0 Å². The van der Waals surface area contributed by atoms with Gasteiger partial charge in [-0.1, -0.05) is 17.7 Å². The molecule has 0 radical (unpaired) electrons. The molecule has 1 rings (SSSR count). The highest BCUT2D eigenvalue weighted by molar-refractivity contribution is 14.0. The molecule has 0 saturated heterocycles. The fourth-order valence-electron chi connectivity index (χ4n) is 1.52. The molecule has 1 aromatic carbocycles. The van der Waals surface area contributed by atoms with Gasteiger partial charge in [0.2, 0.25) is 0 Å². The van der Waals surface area contributed by atoms with E-state index in [2.05, 4.69) is 0 Å². The van der Waals surface area contributed by atoms with E-state index in [9.17, 15) is 4.79 Å². The summed E-state index contributed by atoms with van der Waals surface area (Å²) >= 11 is 0. The summed E-state index contributed by atoms with van der Waals surface area (Å²) in [7, 11) is 0. The number of carbonyl (C=O) groups is 1. The van der Waals surface area contributed by atoms with Gasteiger partial charge in [-0.2, -0.15) is 0 Å². The molecule has 0 bridgehead atoms. The number of aryl methyl sites for hydroxylation is 3. The Bertz CT molecular complexity index is 309. The number of benzene rings is 1. The number of carboxylic acid groups (broad SMARTS) is 1. The predicted molar refractivity (Wildman–Crippen MR) is 63.0 cm³/mol. The summed E-state index contributed by atoms with van der Waals surface area (Å²) in [5, 5.41) is 8.84. The molecule has 0 spiro atoms. The molecule has 0 saturated carbocycles. The van der Waals surface area contributed by atoms with Crippen LogP contribution in [-0.2, 0) is 0 Å². The molecule has 0 aliphatic rings. The number of rotatable bonds is 1. The van der Waals surface area contributed by atoms with Gasteiger partial charge >= 0.3 is 5.97 Å². The second-order valence-electron chi connectivity index (χ2n) is 3.08. The van der Waals surface area contributed by atoms with E-state index in [0.717, 1.165) is 16.7 Å². The van der Waals surface area contributed by atoms with E-state index in [4.69, 9.17) is 5.11 Å². The largest absolute Gasteiger partial charge is 0.478 e. The Hall–Kier alpha value is -0.580. The molecule has 0 amide bonds. The van der Waals surface area contributed by atoms with Crippen molar-refractivity contribution < 1.29 is 9.90 Å². The van der Waals surface area contributed by atoms with E-state index < -0.39 is 5.97 Å². The second-order valence-corrected chi connectivity index (χ2v) is 3.08. The Morgan fingerprint density at radius 2 is 1.54 bits per heavy atom. The lowest BCUT2D eigenvalue weighted by molar-refractivity contribution is 0.0695. The topological polar surface area (TPSA) is 37.3 Å². The van der Waals surface area contributed by atoms with Crippen LogP contribution in [0.25, 0.3) is 0 Å². The Morgan fingerprint density at radius 1 is 1.15 bits per heavy atom. The molecule has 0 aromatic heterocycles. The van der Waals surface area contributed by atoms with Crippen molar-refractivity contribution in [3.05, 3.63) is 34.4 Å². The lowest BCUT2D eigenvalue weighted by atomic mass is 10.0. The Labute approximate surface area is 95.0 Å². The van der Waals surface area contributed by atoms with Crippen LogP contribution in [0.5, 0.6) is 0 Å². The van der Waals surface area contributed by atoms with Crippen LogP contribution in [0.1, 0.15) is 27.0 Å². The first-order valence-corrected chi connectivity index (χ1v) is 3.83. The molecule has 0 aliphatic carbocycles.